The highest BCUT2D eigenvalue weighted by atomic mass is 16.5. The Morgan fingerprint density at radius 1 is 1.00 bits per heavy atom. The van der Waals surface area contributed by atoms with Crippen LogP contribution in [0.3, 0.4) is 0 Å². The molecule has 2 amide bonds. The number of benzene rings is 2. The number of carbonyl (C=O) groups excluding carboxylic acids is 2. The molecular weight excluding hydrogens is 452 g/mol. The SMILES string of the molecule is CO[C@H](C)[C@H](NC(=O)OCC1c2ccccc2-c2ccccc21)C(=O)NCc1ccc(C(=O)O)o1. The maximum Gasteiger partial charge on any atom is 0.407 e. The van der Waals surface area contributed by atoms with Gasteiger partial charge in [-0.1, -0.05) is 48.5 Å². The Morgan fingerprint density at radius 3 is 2.20 bits per heavy atom. The summed E-state index contributed by atoms with van der Waals surface area (Å²) in [7, 11) is 1.43. The lowest BCUT2D eigenvalue weighted by Gasteiger charge is -2.23. The number of carboxylic acids is 1. The molecule has 35 heavy (non-hydrogen) atoms. The number of nitrogens with one attached hydrogen (secondary N) is 2. The molecular formula is C26H26N2O7. The van der Waals surface area contributed by atoms with Gasteiger partial charge in [0.1, 0.15) is 18.4 Å². The Morgan fingerprint density at radius 2 is 1.63 bits per heavy atom. The van der Waals surface area contributed by atoms with E-state index in [0.29, 0.717) is 0 Å². The maximum absolute atomic E-state index is 12.8. The molecule has 0 fully saturated rings. The molecule has 2 aromatic carbocycles. The minimum Gasteiger partial charge on any atom is -0.475 e. The lowest BCUT2D eigenvalue weighted by atomic mass is 9.98. The minimum atomic E-state index is -1.20. The summed E-state index contributed by atoms with van der Waals surface area (Å²) in [5, 5.41) is 14.1. The fourth-order valence-electron chi connectivity index (χ4n) is 4.17. The third-order valence-electron chi connectivity index (χ3n) is 6.05. The van der Waals surface area contributed by atoms with E-state index < -0.39 is 30.1 Å². The van der Waals surface area contributed by atoms with Crippen molar-refractivity contribution in [2.24, 2.45) is 0 Å². The second-order valence-corrected chi connectivity index (χ2v) is 8.18. The third-order valence-corrected chi connectivity index (χ3v) is 6.05. The first kappa shape index (κ1) is 24.0. The number of amides is 2. The van der Waals surface area contributed by atoms with Gasteiger partial charge in [0.25, 0.3) is 0 Å². The van der Waals surface area contributed by atoms with Crippen LogP contribution in [0.2, 0.25) is 0 Å². The quantitative estimate of drug-likeness (QED) is 0.429. The molecule has 9 nitrogen and oxygen atoms in total. The molecule has 0 radical (unpaired) electrons. The van der Waals surface area contributed by atoms with Gasteiger partial charge in [0.05, 0.1) is 12.6 Å². The Hall–Kier alpha value is -4.11. The maximum atomic E-state index is 12.8. The van der Waals surface area contributed by atoms with E-state index >= 15 is 0 Å². The molecule has 9 heteroatoms. The fraction of sp³-hybridized carbons (Fsp3) is 0.269. The fourth-order valence-corrected chi connectivity index (χ4v) is 4.17. The molecule has 182 valence electrons. The number of carboxylic acid groups (broad SMARTS) is 1. The Balaban J connectivity index is 1.38. The van der Waals surface area contributed by atoms with E-state index in [2.05, 4.69) is 10.6 Å². The smallest absolute Gasteiger partial charge is 0.407 e. The number of ether oxygens (including phenoxy) is 2. The molecule has 0 aliphatic heterocycles. The summed E-state index contributed by atoms with van der Waals surface area (Å²) >= 11 is 0. The van der Waals surface area contributed by atoms with Gasteiger partial charge in [-0.15, -0.1) is 0 Å². The van der Waals surface area contributed by atoms with Gasteiger partial charge in [-0.25, -0.2) is 9.59 Å². The van der Waals surface area contributed by atoms with Crippen LogP contribution in [-0.2, 0) is 20.8 Å². The summed E-state index contributed by atoms with van der Waals surface area (Å²) in [5.41, 5.74) is 4.40. The van der Waals surface area contributed by atoms with E-state index in [-0.39, 0.29) is 30.6 Å². The van der Waals surface area contributed by atoms with Gasteiger partial charge in [0.15, 0.2) is 0 Å². The van der Waals surface area contributed by atoms with Crippen molar-refractivity contribution in [2.75, 3.05) is 13.7 Å². The molecule has 3 N–H and O–H groups in total. The molecule has 3 aromatic rings. The van der Waals surface area contributed by atoms with Gasteiger partial charge in [-0.3, -0.25) is 4.79 Å². The zero-order valence-electron chi connectivity index (χ0n) is 19.3. The standard InChI is InChI=1S/C26H26N2O7/c1-15(33-2)23(24(29)27-13-16-11-12-22(35-16)25(30)31)28-26(32)34-14-21-19-9-5-3-7-17(19)18-8-4-6-10-20(18)21/h3-12,15,21,23H,13-14H2,1-2H3,(H,27,29)(H,28,32)(H,30,31)/t15-,23+/m1/s1. The minimum absolute atomic E-state index is 0.0502. The van der Waals surface area contributed by atoms with Crippen molar-refractivity contribution in [2.45, 2.75) is 31.5 Å². The lowest BCUT2D eigenvalue weighted by molar-refractivity contribution is -0.126. The van der Waals surface area contributed by atoms with Crippen LogP contribution in [0.25, 0.3) is 11.1 Å². The number of furan rings is 1. The summed E-state index contributed by atoms with van der Waals surface area (Å²) in [4.78, 5) is 36.4. The highest BCUT2D eigenvalue weighted by Crippen LogP contribution is 2.44. The van der Waals surface area contributed by atoms with E-state index in [1.165, 1.54) is 19.2 Å². The zero-order valence-corrected chi connectivity index (χ0v) is 19.3. The predicted octanol–water partition coefficient (Wildman–Crippen LogP) is 3.54. The van der Waals surface area contributed by atoms with Gasteiger partial charge < -0.3 is 29.6 Å². The van der Waals surface area contributed by atoms with Crippen LogP contribution in [0.5, 0.6) is 0 Å². The molecule has 4 rings (SSSR count). The molecule has 0 saturated carbocycles. The number of aromatic carboxylic acids is 1. The number of hydrogen-bond donors (Lipinski definition) is 3. The van der Waals surface area contributed by atoms with E-state index in [1.54, 1.807) is 6.92 Å². The number of alkyl carbamates (subject to hydrolysis) is 1. The average Bonchev–Trinajstić information content (AvgIpc) is 3.47. The van der Waals surface area contributed by atoms with Crippen molar-refractivity contribution in [3.05, 3.63) is 83.3 Å². The van der Waals surface area contributed by atoms with Gasteiger partial charge in [0, 0.05) is 13.0 Å². The predicted molar refractivity (Wildman–Crippen MR) is 126 cm³/mol. The second-order valence-electron chi connectivity index (χ2n) is 8.18. The lowest BCUT2D eigenvalue weighted by Crippen LogP contribution is -2.53. The van der Waals surface area contributed by atoms with Crippen LogP contribution >= 0.6 is 0 Å². The monoisotopic (exact) mass is 478 g/mol. The van der Waals surface area contributed by atoms with Crippen LogP contribution in [0, 0.1) is 0 Å². The van der Waals surface area contributed by atoms with Crippen LogP contribution in [0.4, 0.5) is 4.79 Å². The molecule has 0 unspecified atom stereocenters. The zero-order chi connectivity index (χ0) is 24.9. The molecule has 1 heterocycles. The normalized spacial score (nSPS) is 13.9. The van der Waals surface area contributed by atoms with Crippen LogP contribution < -0.4 is 10.6 Å². The Bertz CT molecular complexity index is 1190. The van der Waals surface area contributed by atoms with Gasteiger partial charge in [-0.05, 0) is 41.3 Å². The molecule has 1 aliphatic rings. The summed E-state index contributed by atoms with van der Waals surface area (Å²) in [6.45, 7) is 1.70. The molecule has 0 spiro atoms. The average molecular weight is 479 g/mol. The first-order valence-electron chi connectivity index (χ1n) is 11.1. The number of hydrogen-bond acceptors (Lipinski definition) is 6. The van der Waals surface area contributed by atoms with Crippen molar-refractivity contribution in [1.29, 1.82) is 0 Å². The highest BCUT2D eigenvalue weighted by Gasteiger charge is 2.31. The summed E-state index contributed by atoms with van der Waals surface area (Å²) in [5.74, 6) is -1.80. The Kier molecular flexibility index (Phi) is 7.17. The van der Waals surface area contributed by atoms with E-state index in [4.69, 9.17) is 19.0 Å². The summed E-state index contributed by atoms with van der Waals surface area (Å²) in [6, 6.07) is 17.7. The van der Waals surface area contributed by atoms with Gasteiger partial charge in [-0.2, -0.15) is 0 Å². The number of fused-ring (bicyclic) bond motifs is 3. The largest absolute Gasteiger partial charge is 0.475 e. The molecule has 0 saturated heterocycles. The van der Waals surface area contributed by atoms with E-state index in [9.17, 15) is 14.4 Å². The van der Waals surface area contributed by atoms with E-state index in [0.717, 1.165) is 22.3 Å². The van der Waals surface area contributed by atoms with Gasteiger partial charge >= 0.3 is 12.1 Å². The van der Waals surface area contributed by atoms with Crippen molar-refractivity contribution < 1.29 is 33.4 Å². The van der Waals surface area contributed by atoms with Crippen molar-refractivity contribution in [3.63, 3.8) is 0 Å². The Labute approximate surface area is 202 Å². The molecule has 1 aliphatic carbocycles. The van der Waals surface area contributed by atoms with Gasteiger partial charge in [0.2, 0.25) is 11.7 Å². The first-order chi connectivity index (χ1) is 16.9. The highest BCUT2D eigenvalue weighted by molar-refractivity contribution is 5.86. The topological polar surface area (TPSA) is 127 Å². The second kappa shape index (κ2) is 10.4. The molecule has 2 atom stereocenters. The number of carbonyl (C=O) groups is 3. The van der Waals surface area contributed by atoms with Crippen LogP contribution in [-0.4, -0.2) is 48.9 Å². The van der Waals surface area contributed by atoms with Crippen molar-refractivity contribution >= 4 is 18.0 Å². The number of methoxy groups -OCH3 is 1. The molecule has 1 aromatic heterocycles. The molecule has 0 bridgehead atoms. The third kappa shape index (κ3) is 5.20. The first-order valence-corrected chi connectivity index (χ1v) is 11.1. The number of rotatable bonds is 9. The summed E-state index contributed by atoms with van der Waals surface area (Å²) < 4.78 is 15.9. The summed E-state index contributed by atoms with van der Waals surface area (Å²) in [6.07, 6.45) is -1.40. The van der Waals surface area contributed by atoms with Crippen molar-refractivity contribution in [3.8, 4) is 11.1 Å². The van der Waals surface area contributed by atoms with Crippen LogP contribution in [0.15, 0.2) is 65.1 Å². The van der Waals surface area contributed by atoms with Crippen molar-refractivity contribution in [1.82, 2.24) is 10.6 Å². The van der Waals surface area contributed by atoms with Crippen LogP contribution in [0.1, 0.15) is 40.3 Å². The van der Waals surface area contributed by atoms with E-state index in [1.807, 2.05) is 48.5 Å².